The SMILES string of the molecule is Cc1ccc(C(=O)NC2(C(=O)O)CCCCCC2)s1. The molecule has 0 unspecified atom stereocenters. The van der Waals surface area contributed by atoms with Gasteiger partial charge in [-0.15, -0.1) is 11.3 Å². The molecule has 2 N–H and O–H groups in total. The molecule has 1 heterocycles. The Morgan fingerprint density at radius 1 is 1.21 bits per heavy atom. The molecule has 5 heteroatoms. The van der Waals surface area contributed by atoms with Gasteiger partial charge in [-0.2, -0.15) is 0 Å². The van der Waals surface area contributed by atoms with Gasteiger partial charge in [0.25, 0.3) is 5.91 Å². The molecular formula is C14H19NO3S. The number of aryl methyl sites for hydroxylation is 1. The molecule has 1 fully saturated rings. The number of carbonyl (C=O) groups excluding carboxylic acids is 1. The van der Waals surface area contributed by atoms with Crippen molar-refractivity contribution in [3.63, 3.8) is 0 Å². The minimum absolute atomic E-state index is 0.262. The zero-order valence-electron chi connectivity index (χ0n) is 11.1. The fourth-order valence-electron chi connectivity index (χ4n) is 2.56. The molecule has 0 aromatic carbocycles. The first-order chi connectivity index (χ1) is 9.03. The fourth-order valence-corrected chi connectivity index (χ4v) is 3.32. The second-order valence-electron chi connectivity index (χ2n) is 5.17. The van der Waals surface area contributed by atoms with Gasteiger partial charge in [0.05, 0.1) is 4.88 Å². The number of thiophene rings is 1. The maximum atomic E-state index is 12.2. The van der Waals surface area contributed by atoms with E-state index in [9.17, 15) is 14.7 Å². The zero-order chi connectivity index (χ0) is 13.9. The highest BCUT2D eigenvalue weighted by atomic mass is 32.1. The molecule has 1 amide bonds. The second-order valence-corrected chi connectivity index (χ2v) is 6.45. The summed E-state index contributed by atoms with van der Waals surface area (Å²) in [6.45, 7) is 1.93. The van der Waals surface area contributed by atoms with Crippen molar-refractivity contribution >= 4 is 23.2 Å². The Bertz CT molecular complexity index is 473. The molecule has 1 saturated carbocycles. The van der Waals surface area contributed by atoms with E-state index in [1.807, 2.05) is 13.0 Å². The summed E-state index contributed by atoms with van der Waals surface area (Å²) in [4.78, 5) is 25.4. The summed E-state index contributed by atoms with van der Waals surface area (Å²) < 4.78 is 0. The van der Waals surface area contributed by atoms with Crippen LogP contribution in [0, 0.1) is 6.92 Å². The highest BCUT2D eigenvalue weighted by molar-refractivity contribution is 7.13. The van der Waals surface area contributed by atoms with Crippen molar-refractivity contribution in [3.05, 3.63) is 21.9 Å². The molecule has 19 heavy (non-hydrogen) atoms. The van der Waals surface area contributed by atoms with Gasteiger partial charge < -0.3 is 10.4 Å². The molecule has 2 rings (SSSR count). The number of carboxylic acids is 1. The highest BCUT2D eigenvalue weighted by Gasteiger charge is 2.40. The average Bonchev–Trinajstić information content (AvgIpc) is 2.65. The van der Waals surface area contributed by atoms with Gasteiger partial charge in [0.15, 0.2) is 0 Å². The fraction of sp³-hybridized carbons (Fsp3) is 0.571. The molecule has 1 aromatic rings. The van der Waals surface area contributed by atoms with Crippen LogP contribution < -0.4 is 5.32 Å². The minimum atomic E-state index is -1.08. The maximum Gasteiger partial charge on any atom is 0.329 e. The van der Waals surface area contributed by atoms with Gasteiger partial charge in [-0.3, -0.25) is 4.79 Å². The molecule has 0 bridgehead atoms. The van der Waals surface area contributed by atoms with Crippen LogP contribution in [0.15, 0.2) is 12.1 Å². The van der Waals surface area contributed by atoms with Gasteiger partial charge in [-0.05, 0) is 31.9 Å². The van der Waals surface area contributed by atoms with E-state index in [-0.39, 0.29) is 5.91 Å². The van der Waals surface area contributed by atoms with Crippen molar-refractivity contribution in [1.29, 1.82) is 0 Å². The quantitative estimate of drug-likeness (QED) is 0.837. The third kappa shape index (κ3) is 3.15. The van der Waals surface area contributed by atoms with Crippen molar-refractivity contribution < 1.29 is 14.7 Å². The summed E-state index contributed by atoms with van der Waals surface area (Å²) in [6.07, 6.45) is 4.86. The molecule has 0 atom stereocenters. The third-order valence-corrected chi connectivity index (χ3v) is 4.68. The second kappa shape index (κ2) is 5.74. The van der Waals surface area contributed by atoms with Gasteiger partial charge in [0.2, 0.25) is 0 Å². The lowest BCUT2D eigenvalue weighted by Crippen LogP contribution is -2.54. The van der Waals surface area contributed by atoms with Crippen LogP contribution in [-0.2, 0) is 4.79 Å². The number of hydrogen-bond donors (Lipinski definition) is 2. The number of amides is 1. The Morgan fingerprint density at radius 2 is 1.84 bits per heavy atom. The number of hydrogen-bond acceptors (Lipinski definition) is 3. The monoisotopic (exact) mass is 281 g/mol. The third-order valence-electron chi connectivity index (χ3n) is 3.68. The van der Waals surface area contributed by atoms with Crippen LogP contribution in [-0.4, -0.2) is 22.5 Å². The van der Waals surface area contributed by atoms with Gasteiger partial charge in [0.1, 0.15) is 5.54 Å². The summed E-state index contributed by atoms with van der Waals surface area (Å²) in [5.41, 5.74) is -1.08. The molecule has 0 spiro atoms. The molecule has 1 aliphatic rings. The Hall–Kier alpha value is -1.36. The molecule has 0 radical (unpaired) electrons. The van der Waals surface area contributed by atoms with E-state index in [2.05, 4.69) is 5.32 Å². The Kier molecular flexibility index (Phi) is 4.24. The van der Waals surface area contributed by atoms with E-state index in [1.54, 1.807) is 6.07 Å². The molecule has 1 aliphatic carbocycles. The van der Waals surface area contributed by atoms with Crippen LogP contribution >= 0.6 is 11.3 Å². The summed E-state index contributed by atoms with van der Waals surface area (Å²) in [6, 6.07) is 3.63. The molecule has 104 valence electrons. The van der Waals surface area contributed by atoms with Crippen molar-refractivity contribution in [2.24, 2.45) is 0 Å². The lowest BCUT2D eigenvalue weighted by molar-refractivity contribution is -0.145. The Labute approximate surface area is 116 Å². The van der Waals surface area contributed by atoms with Crippen molar-refractivity contribution in [2.45, 2.75) is 51.0 Å². The lowest BCUT2D eigenvalue weighted by Gasteiger charge is -2.29. The molecule has 0 aliphatic heterocycles. The van der Waals surface area contributed by atoms with Crippen LogP contribution in [0.1, 0.15) is 53.1 Å². The van der Waals surface area contributed by atoms with Crippen LogP contribution in [0.25, 0.3) is 0 Å². The van der Waals surface area contributed by atoms with Crippen molar-refractivity contribution in [3.8, 4) is 0 Å². The van der Waals surface area contributed by atoms with Crippen LogP contribution in [0.3, 0.4) is 0 Å². The normalized spacial score (nSPS) is 18.6. The van der Waals surface area contributed by atoms with E-state index in [0.717, 1.165) is 30.6 Å². The van der Waals surface area contributed by atoms with Crippen molar-refractivity contribution in [2.75, 3.05) is 0 Å². The predicted molar refractivity (Wildman–Crippen MR) is 74.6 cm³/mol. The van der Waals surface area contributed by atoms with Gasteiger partial charge in [-0.25, -0.2) is 4.79 Å². The predicted octanol–water partition coefficient (Wildman–Crippen LogP) is 2.96. The lowest BCUT2D eigenvalue weighted by atomic mass is 9.90. The summed E-state index contributed by atoms with van der Waals surface area (Å²) in [5, 5.41) is 12.3. The number of rotatable bonds is 3. The summed E-state index contributed by atoms with van der Waals surface area (Å²) >= 11 is 1.40. The number of nitrogens with one attached hydrogen (secondary N) is 1. The van der Waals surface area contributed by atoms with E-state index < -0.39 is 11.5 Å². The van der Waals surface area contributed by atoms with Crippen LogP contribution in [0.4, 0.5) is 0 Å². The average molecular weight is 281 g/mol. The summed E-state index contributed by atoms with van der Waals surface area (Å²) in [7, 11) is 0. The van der Waals surface area contributed by atoms with Gasteiger partial charge >= 0.3 is 5.97 Å². The van der Waals surface area contributed by atoms with E-state index in [4.69, 9.17) is 0 Å². The zero-order valence-corrected chi connectivity index (χ0v) is 11.9. The van der Waals surface area contributed by atoms with Gasteiger partial charge in [-0.1, -0.05) is 25.7 Å². The van der Waals surface area contributed by atoms with E-state index in [0.29, 0.717) is 17.7 Å². The smallest absolute Gasteiger partial charge is 0.329 e. The highest BCUT2D eigenvalue weighted by Crippen LogP contribution is 2.28. The molecule has 1 aromatic heterocycles. The molecular weight excluding hydrogens is 262 g/mol. The maximum absolute atomic E-state index is 12.2. The standard InChI is InChI=1S/C14H19NO3S/c1-10-6-7-11(19-10)12(16)15-14(13(17)18)8-4-2-3-5-9-14/h6-7H,2-5,8-9H2,1H3,(H,15,16)(H,17,18). The Balaban J connectivity index is 2.16. The van der Waals surface area contributed by atoms with Crippen molar-refractivity contribution in [1.82, 2.24) is 5.32 Å². The van der Waals surface area contributed by atoms with Crippen LogP contribution in [0.5, 0.6) is 0 Å². The topological polar surface area (TPSA) is 66.4 Å². The van der Waals surface area contributed by atoms with Crippen LogP contribution in [0.2, 0.25) is 0 Å². The first kappa shape index (κ1) is 14.1. The van der Waals surface area contributed by atoms with E-state index >= 15 is 0 Å². The molecule has 4 nitrogen and oxygen atoms in total. The first-order valence-corrected chi connectivity index (χ1v) is 7.47. The van der Waals surface area contributed by atoms with E-state index in [1.165, 1.54) is 11.3 Å². The number of carbonyl (C=O) groups is 2. The summed E-state index contributed by atoms with van der Waals surface area (Å²) in [5.74, 6) is -1.17. The largest absolute Gasteiger partial charge is 0.480 e. The molecule has 0 saturated heterocycles. The number of carboxylic acid groups (broad SMARTS) is 1. The Morgan fingerprint density at radius 3 is 2.32 bits per heavy atom. The minimum Gasteiger partial charge on any atom is -0.480 e. The first-order valence-electron chi connectivity index (χ1n) is 6.66. The van der Waals surface area contributed by atoms with Gasteiger partial charge in [0, 0.05) is 4.88 Å². The number of aliphatic carboxylic acids is 1.